The highest BCUT2D eigenvalue weighted by molar-refractivity contribution is 6.11. The minimum absolute atomic E-state index is 0.00159. The van der Waals surface area contributed by atoms with E-state index in [1.165, 1.54) is 55.5 Å². The largest absolute Gasteiger partial charge is 0.467 e. The van der Waals surface area contributed by atoms with Crippen molar-refractivity contribution in [3.8, 4) is 5.82 Å². The van der Waals surface area contributed by atoms with Gasteiger partial charge in [-0.1, -0.05) is 95.3 Å². The van der Waals surface area contributed by atoms with Crippen molar-refractivity contribution in [1.82, 2.24) is 9.55 Å². The Kier molecular flexibility index (Phi) is 6.52. The third kappa shape index (κ3) is 4.54. The maximum absolute atomic E-state index is 6.68. The van der Waals surface area contributed by atoms with Gasteiger partial charge in [-0.15, -0.1) is 0 Å². The third-order valence-electron chi connectivity index (χ3n) is 11.6. The van der Waals surface area contributed by atoms with E-state index >= 15 is 0 Å². The second-order valence-corrected chi connectivity index (χ2v) is 16.4. The Morgan fingerprint density at radius 2 is 1.54 bits per heavy atom. The van der Waals surface area contributed by atoms with Crippen LogP contribution in [0.15, 0.2) is 126 Å². The minimum atomic E-state index is -0.236. The van der Waals surface area contributed by atoms with E-state index in [-0.39, 0.29) is 23.0 Å². The standard InChI is InChI=1S/C47H42N4O/c1-28-21-30(45-49-38-24-29-13-7-8-14-33(29)44(38)52-45)23-32(22-28)50-40-18-12-10-16-36(40)47(5,6)37-26-35-34-15-9-11-17-39(34)51(41(35)27-42(37)50)43-25-31(19-20-48-43)46(2,3)4/h7-23,25-27,38,44H,24H2,1-6H3/t38-,44+/m1/s1. The van der Waals surface area contributed by atoms with Crippen LogP contribution in [0.1, 0.15) is 79.7 Å². The summed E-state index contributed by atoms with van der Waals surface area (Å²) in [6.45, 7) is 13.7. The van der Waals surface area contributed by atoms with Crippen LogP contribution in [0.3, 0.4) is 0 Å². The average Bonchev–Trinajstić information content (AvgIpc) is 3.80. The SMILES string of the molecule is Cc1cc(C2=N[C@@H]3Cc4ccccc4[C@@H]3O2)cc(N2c3ccccc3C(C)(C)c3cc4c5ccccc5n(-c5cc(C(C)(C)C)ccn5)c4cc32)c1. The molecule has 0 bridgehead atoms. The van der Waals surface area contributed by atoms with Gasteiger partial charge in [-0.05, 0) is 107 Å². The molecule has 5 nitrogen and oxygen atoms in total. The molecule has 4 heterocycles. The molecule has 2 atom stereocenters. The fraction of sp³-hybridized carbons (Fsp3) is 0.234. The molecule has 0 N–H and O–H groups in total. The molecule has 5 aromatic carbocycles. The second kappa shape index (κ2) is 10.9. The predicted molar refractivity (Wildman–Crippen MR) is 213 cm³/mol. The summed E-state index contributed by atoms with van der Waals surface area (Å²) in [5.41, 5.74) is 14.2. The summed E-state index contributed by atoms with van der Waals surface area (Å²) in [5.74, 6) is 1.67. The molecule has 2 aromatic heterocycles. The summed E-state index contributed by atoms with van der Waals surface area (Å²) in [6, 6.07) is 42.4. The van der Waals surface area contributed by atoms with Crippen molar-refractivity contribution in [2.45, 2.75) is 70.9 Å². The summed E-state index contributed by atoms with van der Waals surface area (Å²) in [4.78, 5) is 12.6. The van der Waals surface area contributed by atoms with E-state index < -0.39 is 0 Å². The number of aryl methyl sites for hydroxylation is 1. The van der Waals surface area contributed by atoms with Crippen LogP contribution < -0.4 is 4.90 Å². The van der Waals surface area contributed by atoms with Crippen LogP contribution in [0.5, 0.6) is 0 Å². The lowest BCUT2D eigenvalue weighted by atomic mass is 9.73. The first kappa shape index (κ1) is 31.1. The van der Waals surface area contributed by atoms with Crippen LogP contribution in [0, 0.1) is 6.92 Å². The molecule has 0 amide bonds. The first-order chi connectivity index (χ1) is 25.1. The molecule has 10 rings (SSSR count). The summed E-state index contributed by atoms with van der Waals surface area (Å²) >= 11 is 0. The van der Waals surface area contributed by atoms with Gasteiger partial charge < -0.3 is 9.64 Å². The van der Waals surface area contributed by atoms with Crippen molar-refractivity contribution < 1.29 is 4.74 Å². The topological polar surface area (TPSA) is 42.6 Å². The normalized spacial score (nSPS) is 18.5. The Bertz CT molecular complexity index is 2640. The summed E-state index contributed by atoms with van der Waals surface area (Å²) < 4.78 is 9.03. The Balaban J connectivity index is 1.19. The molecular weight excluding hydrogens is 637 g/mol. The van der Waals surface area contributed by atoms with E-state index in [9.17, 15) is 0 Å². The highest BCUT2D eigenvalue weighted by Crippen LogP contribution is 2.54. The van der Waals surface area contributed by atoms with Crippen LogP contribution in [0.2, 0.25) is 0 Å². The zero-order valence-electron chi connectivity index (χ0n) is 30.6. The fourth-order valence-electron chi connectivity index (χ4n) is 8.95. The molecule has 1 aliphatic carbocycles. The van der Waals surface area contributed by atoms with Crippen molar-refractivity contribution in [3.63, 3.8) is 0 Å². The maximum atomic E-state index is 6.68. The Morgan fingerprint density at radius 1 is 0.750 bits per heavy atom. The van der Waals surface area contributed by atoms with Gasteiger partial charge in [0, 0.05) is 33.6 Å². The number of benzene rings is 5. The zero-order valence-corrected chi connectivity index (χ0v) is 30.6. The summed E-state index contributed by atoms with van der Waals surface area (Å²) in [5, 5.41) is 2.46. The Labute approximate surface area is 305 Å². The number of pyridine rings is 1. The fourth-order valence-corrected chi connectivity index (χ4v) is 8.95. The van der Waals surface area contributed by atoms with Gasteiger partial charge in [-0.3, -0.25) is 4.57 Å². The monoisotopic (exact) mass is 678 g/mol. The van der Waals surface area contributed by atoms with Gasteiger partial charge in [-0.2, -0.15) is 0 Å². The smallest absolute Gasteiger partial charge is 0.217 e. The van der Waals surface area contributed by atoms with E-state index in [1.807, 2.05) is 6.20 Å². The average molecular weight is 679 g/mol. The molecule has 0 spiro atoms. The molecule has 0 fully saturated rings. The predicted octanol–water partition coefficient (Wildman–Crippen LogP) is 11.3. The van der Waals surface area contributed by atoms with Gasteiger partial charge in [0.05, 0.1) is 28.5 Å². The third-order valence-corrected chi connectivity index (χ3v) is 11.6. The Morgan fingerprint density at radius 3 is 2.40 bits per heavy atom. The molecule has 0 radical (unpaired) electrons. The molecular formula is C47H42N4O. The molecule has 0 unspecified atom stereocenters. The van der Waals surface area contributed by atoms with Gasteiger partial charge in [-0.25, -0.2) is 9.98 Å². The molecule has 3 aliphatic rings. The lowest BCUT2D eigenvalue weighted by Crippen LogP contribution is -2.30. The Hall–Kier alpha value is -5.68. The van der Waals surface area contributed by atoms with Crippen LogP contribution in [0.25, 0.3) is 27.6 Å². The number of anilines is 3. The molecule has 5 heteroatoms. The van der Waals surface area contributed by atoms with E-state index in [0.29, 0.717) is 0 Å². The van der Waals surface area contributed by atoms with Crippen LogP contribution in [-0.2, 0) is 22.0 Å². The van der Waals surface area contributed by atoms with Crippen LogP contribution in [-0.4, -0.2) is 21.5 Å². The zero-order chi connectivity index (χ0) is 35.5. The van der Waals surface area contributed by atoms with Crippen molar-refractivity contribution in [1.29, 1.82) is 0 Å². The highest BCUT2D eigenvalue weighted by atomic mass is 16.5. The summed E-state index contributed by atoms with van der Waals surface area (Å²) in [6.07, 6.45) is 2.85. The van der Waals surface area contributed by atoms with Gasteiger partial charge in [0.15, 0.2) is 0 Å². The molecule has 0 saturated heterocycles. The number of ether oxygens (including phenoxy) is 1. The maximum Gasteiger partial charge on any atom is 0.217 e. The van der Waals surface area contributed by atoms with E-state index in [2.05, 4.69) is 166 Å². The second-order valence-electron chi connectivity index (χ2n) is 16.4. The molecule has 52 heavy (non-hydrogen) atoms. The number of aliphatic imine (C=N–C) groups is 1. The van der Waals surface area contributed by atoms with Gasteiger partial charge in [0.1, 0.15) is 11.9 Å². The van der Waals surface area contributed by atoms with E-state index in [4.69, 9.17) is 14.7 Å². The molecule has 2 aliphatic heterocycles. The first-order valence-corrected chi connectivity index (χ1v) is 18.4. The number of aromatic nitrogens is 2. The van der Waals surface area contributed by atoms with Gasteiger partial charge in [0.25, 0.3) is 0 Å². The van der Waals surface area contributed by atoms with E-state index in [1.54, 1.807) is 0 Å². The highest BCUT2D eigenvalue weighted by Gasteiger charge is 2.41. The molecule has 7 aromatic rings. The van der Waals surface area contributed by atoms with Crippen molar-refractivity contribution in [3.05, 3.63) is 160 Å². The van der Waals surface area contributed by atoms with E-state index in [0.717, 1.165) is 40.4 Å². The molecule has 256 valence electrons. The lowest BCUT2D eigenvalue weighted by molar-refractivity contribution is 0.209. The summed E-state index contributed by atoms with van der Waals surface area (Å²) in [7, 11) is 0. The lowest BCUT2D eigenvalue weighted by Gasteiger charge is -2.42. The van der Waals surface area contributed by atoms with Gasteiger partial charge >= 0.3 is 0 Å². The van der Waals surface area contributed by atoms with Gasteiger partial charge in [0.2, 0.25) is 5.90 Å². The number of fused-ring (bicyclic) bond motifs is 8. The quantitative estimate of drug-likeness (QED) is 0.187. The van der Waals surface area contributed by atoms with Crippen LogP contribution in [0.4, 0.5) is 17.1 Å². The number of para-hydroxylation sites is 2. The molecule has 0 saturated carbocycles. The van der Waals surface area contributed by atoms with Crippen molar-refractivity contribution in [2.24, 2.45) is 4.99 Å². The number of rotatable bonds is 3. The van der Waals surface area contributed by atoms with Crippen LogP contribution >= 0.6 is 0 Å². The number of hydrogen-bond donors (Lipinski definition) is 0. The number of nitrogens with zero attached hydrogens (tertiary/aromatic N) is 4. The number of hydrogen-bond acceptors (Lipinski definition) is 4. The minimum Gasteiger partial charge on any atom is -0.467 e. The first-order valence-electron chi connectivity index (χ1n) is 18.4. The van der Waals surface area contributed by atoms with Crippen molar-refractivity contribution in [2.75, 3.05) is 4.90 Å². The van der Waals surface area contributed by atoms with Crippen molar-refractivity contribution >= 4 is 44.8 Å².